The molecule has 3 nitrogen and oxygen atoms in total. The maximum atomic E-state index is 13.1. The van der Waals surface area contributed by atoms with E-state index in [0.717, 1.165) is 5.56 Å². The van der Waals surface area contributed by atoms with Gasteiger partial charge < -0.3 is 4.74 Å². The van der Waals surface area contributed by atoms with Gasteiger partial charge in [0.25, 0.3) is 0 Å². The number of carbonyl (C=O) groups excluding carboxylic acids is 1. The lowest BCUT2D eigenvalue weighted by molar-refractivity contribution is 0.0606. The maximum Gasteiger partial charge on any atom is 0.349 e. The molecule has 2 aromatic rings. The second kappa shape index (κ2) is 4.93. The number of hydrogen-bond donors (Lipinski definition) is 0. The summed E-state index contributed by atoms with van der Waals surface area (Å²) in [5.74, 6) is -0.756. The van der Waals surface area contributed by atoms with Crippen LogP contribution in [0.4, 0.5) is 4.39 Å². The molecule has 6 heteroatoms. The number of rotatable bonds is 2. The molecule has 0 radical (unpaired) electrons. The molecular weight excluding hydrogens is 309 g/mol. The molecule has 0 N–H and O–H groups in total. The monoisotopic (exact) mass is 315 g/mol. The summed E-state index contributed by atoms with van der Waals surface area (Å²) in [5, 5.41) is 0.645. The molecule has 0 aliphatic carbocycles. The number of methoxy groups -OCH3 is 1. The van der Waals surface area contributed by atoms with E-state index in [1.165, 1.54) is 30.7 Å². The van der Waals surface area contributed by atoms with Crippen LogP contribution in [0.2, 0.25) is 0 Å². The molecule has 0 aliphatic rings. The molecule has 0 saturated heterocycles. The van der Waals surface area contributed by atoms with Crippen LogP contribution >= 0.6 is 27.3 Å². The smallest absolute Gasteiger partial charge is 0.349 e. The highest BCUT2D eigenvalue weighted by Gasteiger charge is 2.12. The van der Waals surface area contributed by atoms with Gasteiger partial charge in [0.15, 0.2) is 0 Å². The van der Waals surface area contributed by atoms with Crippen LogP contribution < -0.4 is 0 Å². The standard InChI is InChI=1S/C11H7BrFNO2S/c1-16-11(15)9-5-14-10(17-9)6-2-3-8(13)7(12)4-6/h2-5H,1H3. The number of nitrogens with zero attached hydrogens (tertiary/aromatic N) is 1. The van der Waals surface area contributed by atoms with Gasteiger partial charge in [-0.1, -0.05) is 0 Å². The third-order valence-electron chi connectivity index (χ3n) is 2.06. The van der Waals surface area contributed by atoms with Crippen molar-refractivity contribution in [1.82, 2.24) is 4.98 Å². The van der Waals surface area contributed by atoms with Crippen molar-refractivity contribution in [3.8, 4) is 10.6 Å². The Morgan fingerprint density at radius 3 is 2.94 bits per heavy atom. The Labute approximate surface area is 109 Å². The van der Waals surface area contributed by atoms with Crippen molar-refractivity contribution >= 4 is 33.2 Å². The minimum absolute atomic E-state index is 0.335. The SMILES string of the molecule is COC(=O)c1cnc(-c2ccc(F)c(Br)c2)s1. The summed E-state index contributed by atoms with van der Waals surface area (Å²) in [5.41, 5.74) is 0.749. The normalized spacial score (nSPS) is 10.3. The van der Waals surface area contributed by atoms with Crippen LogP contribution in [0.15, 0.2) is 28.9 Å². The molecule has 0 atom stereocenters. The van der Waals surface area contributed by atoms with Gasteiger partial charge in [0, 0.05) is 5.56 Å². The first-order valence-corrected chi connectivity index (χ1v) is 6.22. The topological polar surface area (TPSA) is 39.2 Å². The van der Waals surface area contributed by atoms with E-state index in [9.17, 15) is 9.18 Å². The number of ether oxygens (including phenoxy) is 1. The van der Waals surface area contributed by atoms with Crippen LogP contribution in [-0.2, 0) is 4.74 Å². The van der Waals surface area contributed by atoms with Crippen LogP contribution in [0, 0.1) is 5.82 Å². The third kappa shape index (κ3) is 2.53. The van der Waals surface area contributed by atoms with Crippen LogP contribution in [0.1, 0.15) is 9.67 Å². The summed E-state index contributed by atoms with van der Waals surface area (Å²) < 4.78 is 18.0. The highest BCUT2D eigenvalue weighted by atomic mass is 79.9. The molecule has 88 valence electrons. The number of halogens is 2. The van der Waals surface area contributed by atoms with Gasteiger partial charge in [-0.25, -0.2) is 14.2 Å². The summed E-state index contributed by atoms with van der Waals surface area (Å²) in [6.45, 7) is 0. The quantitative estimate of drug-likeness (QED) is 0.796. The molecule has 0 aliphatic heterocycles. The summed E-state index contributed by atoms with van der Waals surface area (Å²) in [4.78, 5) is 15.8. The number of thiazole rings is 1. The third-order valence-corrected chi connectivity index (χ3v) is 3.69. The molecule has 0 unspecified atom stereocenters. The minimum atomic E-state index is -0.421. The number of aromatic nitrogens is 1. The van der Waals surface area contributed by atoms with Crippen molar-refractivity contribution < 1.29 is 13.9 Å². The summed E-state index contributed by atoms with van der Waals surface area (Å²) in [6.07, 6.45) is 1.45. The van der Waals surface area contributed by atoms with E-state index in [1.54, 1.807) is 12.1 Å². The van der Waals surface area contributed by atoms with Gasteiger partial charge in [0.05, 0.1) is 17.8 Å². The predicted octanol–water partition coefficient (Wildman–Crippen LogP) is 3.50. The molecule has 1 heterocycles. The Morgan fingerprint density at radius 1 is 1.53 bits per heavy atom. The summed E-state index contributed by atoms with van der Waals surface area (Å²) in [6, 6.07) is 4.58. The van der Waals surface area contributed by atoms with Gasteiger partial charge in [-0.05, 0) is 34.1 Å². The van der Waals surface area contributed by atoms with E-state index in [2.05, 4.69) is 25.7 Å². The fraction of sp³-hybridized carbons (Fsp3) is 0.0909. The van der Waals surface area contributed by atoms with Crippen LogP contribution in [0.5, 0.6) is 0 Å². The second-order valence-corrected chi connectivity index (χ2v) is 5.04. The Kier molecular flexibility index (Phi) is 3.54. The molecule has 0 saturated carbocycles. The van der Waals surface area contributed by atoms with Crippen molar-refractivity contribution in [3.05, 3.63) is 39.6 Å². The first-order valence-electron chi connectivity index (χ1n) is 4.61. The van der Waals surface area contributed by atoms with Gasteiger partial charge in [-0.3, -0.25) is 0 Å². The molecule has 0 bridgehead atoms. The fourth-order valence-electron chi connectivity index (χ4n) is 1.23. The van der Waals surface area contributed by atoms with Crippen LogP contribution in [0.25, 0.3) is 10.6 Å². The molecule has 1 aromatic heterocycles. The van der Waals surface area contributed by atoms with Crippen molar-refractivity contribution in [2.24, 2.45) is 0 Å². The summed E-state index contributed by atoms with van der Waals surface area (Å²) in [7, 11) is 1.32. The predicted molar refractivity (Wildman–Crippen MR) is 66.5 cm³/mol. The Hall–Kier alpha value is -1.27. The summed E-state index contributed by atoms with van der Waals surface area (Å²) >= 11 is 4.31. The largest absolute Gasteiger partial charge is 0.465 e. The maximum absolute atomic E-state index is 13.1. The number of benzene rings is 1. The van der Waals surface area contributed by atoms with Gasteiger partial charge >= 0.3 is 5.97 Å². The van der Waals surface area contributed by atoms with Crippen molar-refractivity contribution in [2.75, 3.05) is 7.11 Å². The van der Waals surface area contributed by atoms with E-state index < -0.39 is 5.97 Å². The van der Waals surface area contributed by atoms with Gasteiger partial charge in [-0.2, -0.15) is 0 Å². The average molecular weight is 316 g/mol. The van der Waals surface area contributed by atoms with Crippen LogP contribution in [-0.4, -0.2) is 18.1 Å². The number of hydrogen-bond acceptors (Lipinski definition) is 4. The molecule has 0 amide bonds. The molecule has 17 heavy (non-hydrogen) atoms. The van der Waals surface area contributed by atoms with Crippen molar-refractivity contribution in [1.29, 1.82) is 0 Å². The van der Waals surface area contributed by atoms with E-state index >= 15 is 0 Å². The zero-order chi connectivity index (χ0) is 12.4. The number of esters is 1. The van der Waals surface area contributed by atoms with E-state index in [1.807, 2.05) is 0 Å². The lowest BCUT2D eigenvalue weighted by Crippen LogP contribution is -1.96. The van der Waals surface area contributed by atoms with E-state index in [4.69, 9.17) is 0 Å². The first-order chi connectivity index (χ1) is 8.11. The fourth-order valence-corrected chi connectivity index (χ4v) is 2.44. The molecule has 0 spiro atoms. The molecular formula is C11H7BrFNO2S. The highest BCUT2D eigenvalue weighted by molar-refractivity contribution is 9.10. The molecule has 0 fully saturated rings. The van der Waals surface area contributed by atoms with E-state index in [-0.39, 0.29) is 5.82 Å². The van der Waals surface area contributed by atoms with Crippen molar-refractivity contribution in [3.63, 3.8) is 0 Å². The average Bonchev–Trinajstić information content (AvgIpc) is 2.81. The first kappa shape index (κ1) is 12.2. The zero-order valence-corrected chi connectivity index (χ0v) is 11.1. The lowest BCUT2D eigenvalue weighted by Gasteiger charge is -1.98. The number of carbonyl (C=O) groups is 1. The van der Waals surface area contributed by atoms with Gasteiger partial charge in [0.1, 0.15) is 15.7 Å². The minimum Gasteiger partial charge on any atom is -0.465 e. The van der Waals surface area contributed by atoms with Crippen molar-refractivity contribution in [2.45, 2.75) is 0 Å². The van der Waals surface area contributed by atoms with Gasteiger partial charge in [0.2, 0.25) is 0 Å². The molecule has 1 aromatic carbocycles. The zero-order valence-electron chi connectivity index (χ0n) is 8.74. The van der Waals surface area contributed by atoms with Crippen LogP contribution in [0.3, 0.4) is 0 Å². The van der Waals surface area contributed by atoms with Gasteiger partial charge in [-0.15, -0.1) is 11.3 Å². The molecule has 2 rings (SSSR count). The highest BCUT2D eigenvalue weighted by Crippen LogP contribution is 2.28. The Morgan fingerprint density at radius 2 is 2.29 bits per heavy atom. The second-order valence-electron chi connectivity index (χ2n) is 3.15. The lowest BCUT2D eigenvalue weighted by atomic mass is 10.2. The van der Waals surface area contributed by atoms with E-state index in [0.29, 0.717) is 14.4 Å². The Balaban J connectivity index is 2.37. The Bertz CT molecular complexity index is 570.